The predicted octanol–water partition coefficient (Wildman–Crippen LogP) is 12.7. The first kappa shape index (κ1) is 30.9. The van der Waals surface area contributed by atoms with Gasteiger partial charge in [-0.2, -0.15) is 0 Å². The zero-order valence-corrected chi connectivity index (χ0v) is 29.1. The van der Waals surface area contributed by atoms with Gasteiger partial charge in [0.25, 0.3) is 0 Å². The Labute approximate surface area is 278 Å². The van der Waals surface area contributed by atoms with Gasteiger partial charge >= 0.3 is 5.97 Å². The van der Waals surface area contributed by atoms with Gasteiger partial charge in [-0.05, 0) is 123 Å². The molecule has 0 heterocycles. The molecule has 0 saturated heterocycles. The third-order valence-electron chi connectivity index (χ3n) is 10.0. The molecule has 0 fully saturated rings. The number of carboxylic acids is 1. The van der Waals surface area contributed by atoms with Crippen LogP contribution in [-0.2, 0) is 16.2 Å². The van der Waals surface area contributed by atoms with Crippen LogP contribution < -0.4 is 0 Å². The molecule has 0 aromatic heterocycles. The standard InChI is InChI=1S/C45H44O2/c1-43(2,3)29-16-13-26(14-17-29)32-18-15-27(42(46)47)23-37(32)33-19-20-36-39-25-31(45(7,8)9)22-28-21-30(44(4,5)6)24-38(40(28)39)35-12-10-11-34(33)41(35)36/h10-25H,1-9H3,(H,46,47). The first-order chi connectivity index (χ1) is 22.0. The lowest BCUT2D eigenvalue weighted by atomic mass is 9.78. The van der Waals surface area contributed by atoms with Gasteiger partial charge in [0.2, 0.25) is 0 Å². The van der Waals surface area contributed by atoms with Crippen molar-refractivity contribution < 1.29 is 9.90 Å². The molecule has 0 atom stereocenters. The second-order valence-electron chi connectivity index (χ2n) is 16.4. The lowest BCUT2D eigenvalue weighted by Crippen LogP contribution is -2.12. The number of benzene rings is 7. The molecule has 0 aliphatic rings. The summed E-state index contributed by atoms with van der Waals surface area (Å²) in [5.74, 6) is -0.923. The molecule has 7 aromatic carbocycles. The monoisotopic (exact) mass is 616 g/mol. The van der Waals surface area contributed by atoms with E-state index < -0.39 is 5.97 Å². The summed E-state index contributed by atoms with van der Waals surface area (Å²) in [6.45, 7) is 20.4. The number of rotatable bonds is 3. The SMILES string of the molecule is CC(C)(C)c1ccc(-c2ccc(C(=O)O)cc2-c2ccc3c4cc(C(C)(C)C)cc5cc(C(C)(C)C)cc(c6cccc2c63)c54)cc1. The molecular weight excluding hydrogens is 572 g/mol. The topological polar surface area (TPSA) is 37.3 Å². The van der Waals surface area contributed by atoms with E-state index in [1.165, 1.54) is 54.4 Å². The van der Waals surface area contributed by atoms with Crippen molar-refractivity contribution >= 4 is 49.1 Å². The molecule has 1 N–H and O–H groups in total. The van der Waals surface area contributed by atoms with Crippen molar-refractivity contribution in [3.63, 3.8) is 0 Å². The van der Waals surface area contributed by atoms with Gasteiger partial charge in [0.05, 0.1) is 5.56 Å². The lowest BCUT2D eigenvalue weighted by molar-refractivity contribution is 0.0697. The Hall–Kier alpha value is -4.69. The van der Waals surface area contributed by atoms with E-state index in [0.29, 0.717) is 0 Å². The van der Waals surface area contributed by atoms with Crippen molar-refractivity contribution in [2.45, 2.75) is 78.6 Å². The molecule has 2 nitrogen and oxygen atoms in total. The van der Waals surface area contributed by atoms with E-state index in [0.717, 1.165) is 27.6 Å². The minimum absolute atomic E-state index is 0.00662. The Morgan fingerprint density at radius 3 is 1.55 bits per heavy atom. The molecule has 0 unspecified atom stereocenters. The van der Waals surface area contributed by atoms with E-state index in [9.17, 15) is 9.90 Å². The van der Waals surface area contributed by atoms with E-state index in [-0.39, 0.29) is 21.8 Å². The van der Waals surface area contributed by atoms with Gasteiger partial charge in [0.1, 0.15) is 0 Å². The van der Waals surface area contributed by atoms with Crippen molar-refractivity contribution in [2.24, 2.45) is 0 Å². The maximum Gasteiger partial charge on any atom is 0.335 e. The molecular formula is C45H44O2. The minimum atomic E-state index is -0.923. The van der Waals surface area contributed by atoms with Crippen LogP contribution in [0.2, 0.25) is 0 Å². The van der Waals surface area contributed by atoms with Gasteiger partial charge < -0.3 is 5.11 Å². The number of carboxylic acid groups (broad SMARTS) is 1. The summed E-state index contributed by atoms with van der Waals surface area (Å²) in [4.78, 5) is 12.3. The first-order valence-electron chi connectivity index (χ1n) is 16.7. The zero-order valence-electron chi connectivity index (χ0n) is 29.1. The third kappa shape index (κ3) is 5.15. The zero-order chi connectivity index (χ0) is 33.6. The van der Waals surface area contributed by atoms with Crippen LogP contribution >= 0.6 is 0 Å². The molecule has 236 valence electrons. The minimum Gasteiger partial charge on any atom is -0.478 e. The van der Waals surface area contributed by atoms with Crippen molar-refractivity contribution in [2.75, 3.05) is 0 Å². The first-order valence-corrected chi connectivity index (χ1v) is 16.7. The number of fused-ring (bicyclic) bond motifs is 2. The van der Waals surface area contributed by atoms with Crippen LogP contribution in [0.5, 0.6) is 0 Å². The van der Waals surface area contributed by atoms with Gasteiger partial charge in [0.15, 0.2) is 0 Å². The summed E-state index contributed by atoms with van der Waals surface area (Å²) in [5, 5.41) is 20.0. The molecule has 7 aromatic rings. The van der Waals surface area contributed by atoms with E-state index in [4.69, 9.17) is 0 Å². The average molecular weight is 617 g/mol. The highest BCUT2D eigenvalue weighted by molar-refractivity contribution is 6.34. The average Bonchev–Trinajstić information content (AvgIpc) is 3.01. The summed E-state index contributed by atoms with van der Waals surface area (Å²) >= 11 is 0. The molecule has 0 aliphatic heterocycles. The molecule has 47 heavy (non-hydrogen) atoms. The Morgan fingerprint density at radius 2 is 1.00 bits per heavy atom. The molecule has 2 heteroatoms. The number of carbonyl (C=O) groups is 1. The third-order valence-corrected chi connectivity index (χ3v) is 10.0. The smallest absolute Gasteiger partial charge is 0.335 e. The Bertz CT molecular complexity index is 2280. The van der Waals surface area contributed by atoms with Gasteiger partial charge in [-0.3, -0.25) is 0 Å². The fourth-order valence-corrected chi connectivity index (χ4v) is 7.20. The number of aromatic carboxylic acids is 1. The molecule has 0 aliphatic carbocycles. The summed E-state index contributed by atoms with van der Waals surface area (Å²) in [7, 11) is 0. The highest BCUT2D eigenvalue weighted by atomic mass is 16.4. The number of hydrogen-bond donors (Lipinski definition) is 1. The summed E-state index contributed by atoms with van der Waals surface area (Å²) in [5.41, 5.74) is 8.31. The van der Waals surface area contributed by atoms with Crippen LogP contribution in [0.15, 0.2) is 97.1 Å². The molecule has 0 radical (unpaired) electrons. The van der Waals surface area contributed by atoms with Crippen molar-refractivity contribution in [1.29, 1.82) is 0 Å². The Balaban J connectivity index is 1.60. The maximum absolute atomic E-state index is 12.3. The van der Waals surface area contributed by atoms with Gasteiger partial charge in [-0.1, -0.05) is 135 Å². The molecule has 0 saturated carbocycles. The number of hydrogen-bond acceptors (Lipinski definition) is 1. The quantitative estimate of drug-likeness (QED) is 0.158. The van der Waals surface area contributed by atoms with Crippen LogP contribution in [0.4, 0.5) is 0 Å². The summed E-state index contributed by atoms with van der Waals surface area (Å²) in [6, 6.07) is 35.0. The lowest BCUT2D eigenvalue weighted by Gasteiger charge is -2.25. The second kappa shape index (κ2) is 10.4. The summed E-state index contributed by atoms with van der Waals surface area (Å²) < 4.78 is 0. The highest BCUT2D eigenvalue weighted by Crippen LogP contribution is 2.47. The molecule has 0 amide bonds. The fourth-order valence-electron chi connectivity index (χ4n) is 7.20. The van der Waals surface area contributed by atoms with E-state index in [2.05, 4.69) is 141 Å². The maximum atomic E-state index is 12.3. The van der Waals surface area contributed by atoms with Crippen molar-refractivity contribution in [3.8, 4) is 22.3 Å². The van der Waals surface area contributed by atoms with E-state index in [1.807, 2.05) is 12.1 Å². The van der Waals surface area contributed by atoms with Crippen molar-refractivity contribution in [3.05, 3.63) is 119 Å². The molecule has 7 rings (SSSR count). The Kier molecular flexibility index (Phi) is 6.85. The van der Waals surface area contributed by atoms with Gasteiger partial charge in [-0.25, -0.2) is 4.79 Å². The van der Waals surface area contributed by atoms with Crippen LogP contribution in [0, 0.1) is 0 Å². The van der Waals surface area contributed by atoms with Crippen LogP contribution in [0.3, 0.4) is 0 Å². The fraction of sp³-hybridized carbons (Fsp3) is 0.267. The van der Waals surface area contributed by atoms with Gasteiger partial charge in [-0.15, -0.1) is 0 Å². The van der Waals surface area contributed by atoms with Crippen LogP contribution in [0.25, 0.3) is 65.3 Å². The Morgan fingerprint density at radius 1 is 0.468 bits per heavy atom. The van der Waals surface area contributed by atoms with Crippen molar-refractivity contribution in [1.82, 2.24) is 0 Å². The summed E-state index contributed by atoms with van der Waals surface area (Å²) in [6.07, 6.45) is 0. The molecule has 0 spiro atoms. The molecule has 0 bridgehead atoms. The van der Waals surface area contributed by atoms with E-state index >= 15 is 0 Å². The highest BCUT2D eigenvalue weighted by Gasteiger charge is 2.24. The van der Waals surface area contributed by atoms with E-state index in [1.54, 1.807) is 6.07 Å². The second-order valence-corrected chi connectivity index (χ2v) is 16.4. The normalized spacial score (nSPS) is 13.0. The van der Waals surface area contributed by atoms with Crippen LogP contribution in [-0.4, -0.2) is 11.1 Å². The predicted molar refractivity (Wildman–Crippen MR) is 202 cm³/mol. The van der Waals surface area contributed by atoms with Gasteiger partial charge in [0, 0.05) is 0 Å². The van der Waals surface area contributed by atoms with Crippen LogP contribution in [0.1, 0.15) is 89.4 Å². The largest absolute Gasteiger partial charge is 0.478 e.